The van der Waals surface area contributed by atoms with Crippen LogP contribution in [0.25, 0.3) is 0 Å². The van der Waals surface area contributed by atoms with Crippen molar-refractivity contribution in [1.82, 2.24) is 35.1 Å². The summed E-state index contributed by atoms with van der Waals surface area (Å²) < 4.78 is 9.55. The number of anilines is 1. The van der Waals surface area contributed by atoms with Crippen LogP contribution in [0.4, 0.5) is 5.82 Å². The van der Waals surface area contributed by atoms with Crippen molar-refractivity contribution in [3.8, 4) is 0 Å². The predicted octanol–water partition coefficient (Wildman–Crippen LogP) is 3.72. The number of carbonyl (C=O) groups is 1. The van der Waals surface area contributed by atoms with E-state index in [4.69, 9.17) is 14.8 Å². The van der Waals surface area contributed by atoms with E-state index in [2.05, 4.69) is 59.2 Å². The van der Waals surface area contributed by atoms with Gasteiger partial charge in [0, 0.05) is 39.2 Å². The first kappa shape index (κ1) is 26.2. The molecule has 2 aliphatic carbocycles. The predicted molar refractivity (Wildman–Crippen MR) is 152 cm³/mol. The van der Waals surface area contributed by atoms with Crippen LogP contribution in [0.1, 0.15) is 57.6 Å². The highest BCUT2D eigenvalue weighted by molar-refractivity contribution is 6.76. The molecule has 0 aromatic carbocycles. The van der Waals surface area contributed by atoms with Crippen molar-refractivity contribution in [2.75, 3.05) is 24.6 Å². The zero-order valence-corrected chi connectivity index (χ0v) is 24.8. The van der Waals surface area contributed by atoms with Gasteiger partial charge in [-0.3, -0.25) is 4.79 Å². The third kappa shape index (κ3) is 5.65. The monoisotopic (exact) mass is 548 g/mol. The minimum Gasteiger partial charge on any atom is -0.360 e. The van der Waals surface area contributed by atoms with Gasteiger partial charge in [-0.25, -0.2) is 14.3 Å². The van der Waals surface area contributed by atoms with E-state index in [1.807, 2.05) is 11.6 Å². The summed E-state index contributed by atoms with van der Waals surface area (Å²) in [6.45, 7) is 15.2. The number of fused-ring (bicyclic) bond motifs is 2. The van der Waals surface area contributed by atoms with Gasteiger partial charge >= 0.3 is 0 Å². The molecule has 3 aliphatic rings. The summed E-state index contributed by atoms with van der Waals surface area (Å²) in [7, 11) is -1.12. The summed E-state index contributed by atoms with van der Waals surface area (Å²) in [5, 5.41) is 16.3. The van der Waals surface area contributed by atoms with Gasteiger partial charge in [0.25, 0.3) is 5.91 Å². The van der Waals surface area contributed by atoms with E-state index in [0.29, 0.717) is 19.0 Å². The number of rotatable bonds is 10. The zero-order chi connectivity index (χ0) is 27.3. The Balaban J connectivity index is 1.05. The van der Waals surface area contributed by atoms with Crippen molar-refractivity contribution < 1.29 is 9.53 Å². The maximum Gasteiger partial charge on any atom is 0.274 e. The van der Waals surface area contributed by atoms with Gasteiger partial charge in [-0.05, 0) is 68.2 Å². The molecule has 0 bridgehead atoms. The van der Waals surface area contributed by atoms with E-state index < -0.39 is 8.07 Å². The van der Waals surface area contributed by atoms with Gasteiger partial charge in [0.15, 0.2) is 5.69 Å². The molecule has 3 aromatic heterocycles. The summed E-state index contributed by atoms with van der Waals surface area (Å²) in [5.41, 5.74) is 5.66. The SMILES string of the molecule is Cc1nc(N2CC3CC3C2)ccc1Cn1cc(C(=O)N[C@@H]2CCc3c2nn(COCC[Si](C)(C)C)c3C)nn1. The second kappa shape index (κ2) is 10.2. The number of ether oxygens (including phenoxy) is 1. The number of piperidine rings is 1. The number of nitrogens with zero attached hydrogens (tertiary/aromatic N) is 7. The fraction of sp³-hybridized carbons (Fsp3) is 0.607. The first-order valence-electron chi connectivity index (χ1n) is 14.2. The van der Waals surface area contributed by atoms with E-state index in [1.54, 1.807) is 10.9 Å². The Labute approximate surface area is 231 Å². The quantitative estimate of drug-likeness (QED) is 0.304. The normalized spacial score (nSPS) is 21.8. The lowest BCUT2D eigenvalue weighted by molar-refractivity contribution is 0.0764. The van der Waals surface area contributed by atoms with Crippen LogP contribution < -0.4 is 10.2 Å². The molecule has 1 aliphatic heterocycles. The van der Waals surface area contributed by atoms with Gasteiger partial charge in [-0.2, -0.15) is 5.10 Å². The highest BCUT2D eigenvalue weighted by atomic mass is 28.3. The van der Waals surface area contributed by atoms with Gasteiger partial charge in [-0.15, -0.1) is 5.10 Å². The molecule has 11 heteroatoms. The number of aryl methyl sites for hydroxylation is 1. The summed E-state index contributed by atoms with van der Waals surface area (Å²) in [4.78, 5) is 20.3. The molecule has 6 rings (SSSR count). The highest BCUT2D eigenvalue weighted by Gasteiger charge is 2.45. The summed E-state index contributed by atoms with van der Waals surface area (Å²) >= 11 is 0. The minimum atomic E-state index is -1.12. The van der Waals surface area contributed by atoms with Crippen molar-refractivity contribution in [3.05, 3.63) is 52.2 Å². The minimum absolute atomic E-state index is 0.129. The molecule has 208 valence electrons. The molecule has 0 radical (unpaired) electrons. The van der Waals surface area contributed by atoms with E-state index in [9.17, 15) is 4.79 Å². The first-order chi connectivity index (χ1) is 18.6. The van der Waals surface area contributed by atoms with Gasteiger partial charge in [0.05, 0.1) is 24.5 Å². The van der Waals surface area contributed by atoms with Crippen molar-refractivity contribution in [2.45, 2.75) is 78.1 Å². The van der Waals surface area contributed by atoms with Gasteiger partial charge < -0.3 is 15.0 Å². The average Bonchev–Trinajstić information content (AvgIpc) is 3.30. The third-order valence-electron chi connectivity index (χ3n) is 8.48. The average molecular weight is 549 g/mol. The molecule has 1 N–H and O–H groups in total. The Hall–Kier alpha value is -3.05. The van der Waals surface area contributed by atoms with Crippen LogP contribution in [-0.2, 0) is 24.4 Å². The number of amides is 1. The van der Waals surface area contributed by atoms with Crippen molar-refractivity contribution in [2.24, 2.45) is 11.8 Å². The van der Waals surface area contributed by atoms with Gasteiger partial charge in [0.1, 0.15) is 12.5 Å². The Morgan fingerprint density at radius 1 is 1.18 bits per heavy atom. The van der Waals surface area contributed by atoms with E-state index in [-0.39, 0.29) is 11.9 Å². The second-order valence-corrected chi connectivity index (χ2v) is 18.4. The molecule has 2 unspecified atom stereocenters. The third-order valence-corrected chi connectivity index (χ3v) is 10.2. The smallest absolute Gasteiger partial charge is 0.274 e. The fourth-order valence-corrected chi connectivity index (χ4v) is 6.56. The van der Waals surface area contributed by atoms with Crippen LogP contribution in [0, 0.1) is 25.7 Å². The van der Waals surface area contributed by atoms with Crippen LogP contribution >= 0.6 is 0 Å². The van der Waals surface area contributed by atoms with Crippen molar-refractivity contribution in [1.29, 1.82) is 0 Å². The summed E-state index contributed by atoms with van der Waals surface area (Å²) in [6, 6.07) is 5.23. The van der Waals surface area contributed by atoms with Crippen molar-refractivity contribution in [3.63, 3.8) is 0 Å². The van der Waals surface area contributed by atoms with Crippen LogP contribution in [0.15, 0.2) is 18.3 Å². The lowest BCUT2D eigenvalue weighted by Crippen LogP contribution is -2.28. The molecule has 0 spiro atoms. The van der Waals surface area contributed by atoms with Crippen LogP contribution in [0.3, 0.4) is 0 Å². The molecule has 39 heavy (non-hydrogen) atoms. The largest absolute Gasteiger partial charge is 0.360 e. The molecule has 3 aromatic rings. The lowest BCUT2D eigenvalue weighted by Gasteiger charge is -2.20. The maximum absolute atomic E-state index is 13.1. The van der Waals surface area contributed by atoms with Gasteiger partial charge in [0.2, 0.25) is 0 Å². The van der Waals surface area contributed by atoms with E-state index >= 15 is 0 Å². The molecule has 1 amide bonds. The topological polar surface area (TPSA) is 103 Å². The number of carbonyl (C=O) groups excluding carboxylic acids is 1. The van der Waals surface area contributed by atoms with E-state index in [1.165, 1.54) is 12.0 Å². The molecule has 2 fully saturated rings. The number of aromatic nitrogens is 6. The Morgan fingerprint density at radius 3 is 2.72 bits per heavy atom. The van der Waals surface area contributed by atoms with Crippen LogP contribution in [0.2, 0.25) is 25.7 Å². The van der Waals surface area contributed by atoms with Crippen molar-refractivity contribution >= 4 is 19.8 Å². The van der Waals surface area contributed by atoms with Crippen LogP contribution in [0.5, 0.6) is 0 Å². The molecular formula is C28H40N8O2Si. The fourth-order valence-electron chi connectivity index (χ4n) is 5.81. The molecule has 3 atom stereocenters. The Morgan fingerprint density at radius 2 is 1.97 bits per heavy atom. The number of hydrogen-bond donors (Lipinski definition) is 1. The van der Waals surface area contributed by atoms with Gasteiger partial charge in [-0.1, -0.05) is 30.9 Å². The Bertz CT molecular complexity index is 1370. The van der Waals surface area contributed by atoms with E-state index in [0.717, 1.165) is 78.9 Å². The maximum atomic E-state index is 13.1. The number of pyridine rings is 1. The first-order valence-corrected chi connectivity index (χ1v) is 17.9. The standard InChI is InChI=1S/C28H40N8O2Si/c1-18-20(6-9-26(29-18)34-13-21-12-22(21)14-34)15-35-16-25(31-33-35)28(37)30-24-8-7-23-19(2)36(32-27(23)24)17-38-10-11-39(3,4)5/h6,9,16,21-22,24H,7-8,10-15,17H2,1-5H3,(H,30,37)/t21?,22?,24-/m1/s1. The Kier molecular flexibility index (Phi) is 6.82. The molecule has 4 heterocycles. The van der Waals surface area contributed by atoms with Crippen LogP contribution in [-0.4, -0.2) is 63.4 Å². The summed E-state index contributed by atoms with van der Waals surface area (Å²) in [6.07, 6.45) is 4.83. The zero-order valence-electron chi connectivity index (χ0n) is 23.8. The lowest BCUT2D eigenvalue weighted by atomic mass is 10.2. The summed E-state index contributed by atoms with van der Waals surface area (Å²) in [5.74, 6) is 2.59. The molecule has 1 saturated carbocycles. The second-order valence-electron chi connectivity index (χ2n) is 12.7. The molecule has 10 nitrogen and oxygen atoms in total. The molecule has 1 saturated heterocycles. The number of hydrogen-bond acceptors (Lipinski definition) is 7. The highest BCUT2D eigenvalue weighted by Crippen LogP contribution is 2.46. The molecular weight excluding hydrogens is 508 g/mol. The number of nitrogens with one attached hydrogen (secondary N) is 1.